The predicted molar refractivity (Wildman–Crippen MR) is 72.8 cm³/mol. The van der Waals surface area contributed by atoms with Crippen molar-refractivity contribution in [2.24, 2.45) is 0 Å². The lowest BCUT2D eigenvalue weighted by atomic mass is 10.0. The monoisotopic (exact) mass is 274 g/mol. The first-order valence-corrected chi connectivity index (χ1v) is 6.01. The number of allylic oxidation sites excluding steroid dienone is 4. The predicted octanol–water partition coefficient (Wildman–Crippen LogP) is 1.79. The van der Waals surface area contributed by atoms with E-state index in [1.54, 1.807) is 18.2 Å². The molecule has 0 saturated carbocycles. The molecule has 2 rings (SSSR count). The summed E-state index contributed by atoms with van der Waals surface area (Å²) in [5.41, 5.74) is 0.487. The molecule has 1 unspecified atom stereocenters. The molecule has 0 fully saturated rings. The van der Waals surface area contributed by atoms with Crippen LogP contribution in [0.15, 0.2) is 48.1 Å². The molecule has 5 heteroatoms. The van der Waals surface area contributed by atoms with Gasteiger partial charge in [0.15, 0.2) is 5.78 Å². The van der Waals surface area contributed by atoms with Gasteiger partial charge in [-0.05, 0) is 18.1 Å². The molecule has 1 aliphatic rings. The number of rotatable bonds is 3. The van der Waals surface area contributed by atoms with Gasteiger partial charge in [-0.1, -0.05) is 24.3 Å². The topological polar surface area (TPSA) is 98.0 Å². The summed E-state index contributed by atoms with van der Waals surface area (Å²) in [6.07, 6.45) is 7.75. The van der Waals surface area contributed by atoms with Gasteiger partial charge < -0.3 is 20.4 Å². The quantitative estimate of drug-likeness (QED) is 0.497. The van der Waals surface area contributed by atoms with E-state index >= 15 is 0 Å². The Morgan fingerprint density at radius 3 is 2.40 bits per heavy atom. The molecule has 0 heterocycles. The lowest BCUT2D eigenvalue weighted by Gasteiger charge is -2.08. The minimum atomic E-state index is -0.583. The number of aromatic hydroxyl groups is 3. The van der Waals surface area contributed by atoms with Crippen molar-refractivity contribution in [1.29, 1.82) is 0 Å². The molecule has 0 bridgehead atoms. The maximum atomic E-state index is 11.9. The largest absolute Gasteiger partial charge is 0.508 e. The Bertz CT molecular complexity index is 602. The Labute approximate surface area is 115 Å². The van der Waals surface area contributed by atoms with E-state index in [0.29, 0.717) is 6.42 Å². The molecule has 0 spiro atoms. The molecule has 104 valence electrons. The number of ketones is 1. The van der Waals surface area contributed by atoms with Gasteiger partial charge in [0, 0.05) is 12.1 Å². The van der Waals surface area contributed by atoms with Gasteiger partial charge >= 0.3 is 0 Å². The van der Waals surface area contributed by atoms with Gasteiger partial charge in [-0.3, -0.25) is 4.79 Å². The van der Waals surface area contributed by atoms with Crippen molar-refractivity contribution in [3.05, 3.63) is 53.6 Å². The summed E-state index contributed by atoms with van der Waals surface area (Å²) in [6, 6.07) is 1.97. The molecule has 0 amide bonds. The maximum Gasteiger partial charge on any atom is 0.193 e. The number of phenols is 3. The van der Waals surface area contributed by atoms with Crippen LogP contribution in [0.4, 0.5) is 0 Å². The highest BCUT2D eigenvalue weighted by atomic mass is 16.3. The first-order valence-electron chi connectivity index (χ1n) is 6.01. The highest BCUT2D eigenvalue weighted by molar-refractivity contribution is 6.08. The van der Waals surface area contributed by atoms with Crippen LogP contribution < -0.4 is 0 Å². The van der Waals surface area contributed by atoms with Crippen LogP contribution in [0.2, 0.25) is 0 Å². The first kappa shape index (κ1) is 13.9. The molecule has 5 nitrogen and oxygen atoms in total. The standard InChI is InChI=1S/C15H14O5/c16-10-4-1-9(2-5-10)3-6-12(18)15-13(19)7-11(17)8-14(15)20/h1-4,6-8,10,16-17,19-20H,5H2/b6-3+. The van der Waals surface area contributed by atoms with Gasteiger partial charge in [-0.2, -0.15) is 0 Å². The fourth-order valence-electron chi connectivity index (χ4n) is 1.85. The highest BCUT2D eigenvalue weighted by Gasteiger charge is 2.15. The zero-order valence-electron chi connectivity index (χ0n) is 10.5. The number of hydrogen-bond donors (Lipinski definition) is 4. The zero-order valence-corrected chi connectivity index (χ0v) is 10.5. The summed E-state index contributed by atoms with van der Waals surface area (Å²) >= 11 is 0. The van der Waals surface area contributed by atoms with E-state index in [4.69, 9.17) is 5.11 Å². The van der Waals surface area contributed by atoms with Crippen molar-refractivity contribution in [2.45, 2.75) is 12.5 Å². The van der Waals surface area contributed by atoms with Crippen molar-refractivity contribution in [3.63, 3.8) is 0 Å². The van der Waals surface area contributed by atoms with E-state index in [2.05, 4.69) is 0 Å². The normalized spacial score (nSPS) is 18.2. The fraction of sp³-hybridized carbons (Fsp3) is 0.133. The van der Waals surface area contributed by atoms with E-state index in [1.165, 1.54) is 12.2 Å². The summed E-state index contributed by atoms with van der Waals surface area (Å²) in [7, 11) is 0. The Balaban J connectivity index is 2.19. The van der Waals surface area contributed by atoms with Gasteiger partial charge in [0.2, 0.25) is 0 Å². The number of phenolic OH excluding ortho intramolecular Hbond substituents is 3. The third kappa shape index (κ3) is 3.07. The average Bonchev–Trinajstić information content (AvgIpc) is 2.37. The van der Waals surface area contributed by atoms with Crippen LogP contribution in [0.1, 0.15) is 16.8 Å². The molecule has 1 aliphatic carbocycles. The van der Waals surface area contributed by atoms with Crippen molar-refractivity contribution in [2.75, 3.05) is 0 Å². The number of carbonyl (C=O) groups is 1. The van der Waals surface area contributed by atoms with E-state index in [1.807, 2.05) is 0 Å². The SMILES string of the molecule is O=C(/C=C/C1=CCC(O)C=C1)c1c(O)cc(O)cc1O. The van der Waals surface area contributed by atoms with Crippen LogP contribution in [-0.2, 0) is 0 Å². The van der Waals surface area contributed by atoms with Gasteiger partial charge in [-0.25, -0.2) is 0 Å². The second kappa shape index (κ2) is 5.63. The maximum absolute atomic E-state index is 11.9. The molecule has 1 aromatic rings. The third-order valence-electron chi connectivity index (χ3n) is 2.86. The Kier molecular flexibility index (Phi) is 3.91. The van der Waals surface area contributed by atoms with Crippen molar-refractivity contribution < 1.29 is 25.2 Å². The molecule has 0 aromatic heterocycles. The number of aliphatic hydroxyl groups is 1. The second-order valence-electron chi connectivity index (χ2n) is 4.42. The van der Waals surface area contributed by atoms with E-state index in [9.17, 15) is 20.1 Å². The van der Waals surface area contributed by atoms with Crippen molar-refractivity contribution in [1.82, 2.24) is 0 Å². The fourth-order valence-corrected chi connectivity index (χ4v) is 1.85. The molecular weight excluding hydrogens is 260 g/mol. The summed E-state index contributed by atoms with van der Waals surface area (Å²) in [5.74, 6) is -1.88. The van der Waals surface area contributed by atoms with Gasteiger partial charge in [-0.15, -0.1) is 0 Å². The Morgan fingerprint density at radius 2 is 1.85 bits per heavy atom. The van der Waals surface area contributed by atoms with E-state index in [-0.39, 0.29) is 11.3 Å². The lowest BCUT2D eigenvalue weighted by molar-refractivity contribution is 0.104. The van der Waals surface area contributed by atoms with Crippen LogP contribution in [0.5, 0.6) is 17.2 Å². The van der Waals surface area contributed by atoms with Crippen LogP contribution in [-0.4, -0.2) is 32.3 Å². The minimum absolute atomic E-state index is 0.264. The van der Waals surface area contributed by atoms with Crippen LogP contribution in [0, 0.1) is 0 Å². The van der Waals surface area contributed by atoms with Crippen molar-refractivity contribution in [3.8, 4) is 17.2 Å². The number of benzene rings is 1. The van der Waals surface area contributed by atoms with Gasteiger partial charge in [0.25, 0.3) is 0 Å². The molecule has 1 aromatic carbocycles. The third-order valence-corrected chi connectivity index (χ3v) is 2.86. The van der Waals surface area contributed by atoms with E-state index < -0.39 is 23.4 Å². The molecule has 4 N–H and O–H groups in total. The average molecular weight is 274 g/mol. The molecular formula is C15H14O5. The lowest BCUT2D eigenvalue weighted by Crippen LogP contribution is -2.03. The van der Waals surface area contributed by atoms with E-state index in [0.717, 1.165) is 17.7 Å². The number of hydrogen-bond acceptors (Lipinski definition) is 5. The molecule has 20 heavy (non-hydrogen) atoms. The summed E-state index contributed by atoms with van der Waals surface area (Å²) in [4.78, 5) is 11.9. The summed E-state index contributed by atoms with van der Waals surface area (Å²) < 4.78 is 0. The minimum Gasteiger partial charge on any atom is -0.508 e. The number of carbonyl (C=O) groups excluding carboxylic acids is 1. The van der Waals surface area contributed by atoms with Crippen LogP contribution in [0.3, 0.4) is 0 Å². The highest BCUT2D eigenvalue weighted by Crippen LogP contribution is 2.32. The summed E-state index contributed by atoms with van der Waals surface area (Å²) in [5, 5.41) is 37.6. The van der Waals surface area contributed by atoms with Gasteiger partial charge in [0.1, 0.15) is 22.8 Å². The van der Waals surface area contributed by atoms with Crippen LogP contribution in [0.25, 0.3) is 0 Å². The van der Waals surface area contributed by atoms with Crippen molar-refractivity contribution >= 4 is 5.78 Å². The Hall–Kier alpha value is -2.53. The molecule has 0 saturated heterocycles. The first-order chi connectivity index (χ1) is 9.47. The summed E-state index contributed by atoms with van der Waals surface area (Å²) in [6.45, 7) is 0. The molecule has 1 atom stereocenters. The molecule has 0 radical (unpaired) electrons. The second-order valence-corrected chi connectivity index (χ2v) is 4.42. The smallest absolute Gasteiger partial charge is 0.193 e. The number of aliphatic hydroxyl groups excluding tert-OH is 1. The van der Waals surface area contributed by atoms with Crippen LogP contribution >= 0.6 is 0 Å². The Morgan fingerprint density at radius 1 is 1.20 bits per heavy atom. The van der Waals surface area contributed by atoms with Gasteiger partial charge in [0.05, 0.1) is 6.10 Å². The zero-order chi connectivity index (χ0) is 14.7. The molecule has 0 aliphatic heterocycles.